The van der Waals surface area contributed by atoms with Crippen LogP contribution in [0.25, 0.3) is 0 Å². The third-order valence-corrected chi connectivity index (χ3v) is 8.05. The Bertz CT molecular complexity index is 2060. The van der Waals surface area contributed by atoms with Gasteiger partial charge in [0.15, 0.2) is 5.78 Å². The van der Waals surface area contributed by atoms with E-state index in [4.69, 9.17) is 9.47 Å². The molecule has 0 N–H and O–H groups in total. The van der Waals surface area contributed by atoms with Gasteiger partial charge < -0.3 is 19.3 Å². The lowest BCUT2D eigenvalue weighted by molar-refractivity contribution is 0.104. The number of rotatable bonds is 15. The van der Waals surface area contributed by atoms with Gasteiger partial charge in [-0.15, -0.1) is 0 Å². The molecule has 5 nitrogen and oxygen atoms in total. The van der Waals surface area contributed by atoms with Crippen molar-refractivity contribution in [2.75, 3.05) is 16.9 Å². The maximum absolute atomic E-state index is 12.6. The Morgan fingerprint density at radius 1 is 0.558 bits per heavy atom. The Kier molecular flexibility index (Phi) is 13.4. The van der Waals surface area contributed by atoms with Gasteiger partial charge in [0, 0.05) is 39.7 Å². The van der Waals surface area contributed by atoms with Crippen LogP contribution in [0.4, 0.5) is 28.4 Å². The monoisotopic (exact) mass is 684 g/mol. The van der Waals surface area contributed by atoms with Gasteiger partial charge >= 0.3 is 0 Å². The number of allylic oxidation sites excluding steroid dienone is 10. The van der Waals surface area contributed by atoms with Crippen LogP contribution >= 0.6 is 0 Å². The quantitative estimate of drug-likeness (QED) is 0.0475. The number of ether oxygens (including phenoxy) is 2. The van der Waals surface area contributed by atoms with Crippen molar-refractivity contribution in [3.63, 3.8) is 0 Å². The predicted molar refractivity (Wildman–Crippen MR) is 217 cm³/mol. The summed E-state index contributed by atoms with van der Waals surface area (Å²) in [4.78, 5) is 17.0. The Hall–Kier alpha value is -6.59. The zero-order chi connectivity index (χ0) is 36.5. The molecule has 5 aromatic rings. The van der Waals surface area contributed by atoms with E-state index in [-0.39, 0.29) is 5.78 Å². The van der Waals surface area contributed by atoms with Crippen LogP contribution in [0.2, 0.25) is 0 Å². The van der Waals surface area contributed by atoms with E-state index in [1.165, 1.54) is 0 Å². The average Bonchev–Trinajstić information content (AvgIpc) is 3.18. The van der Waals surface area contributed by atoms with Gasteiger partial charge in [-0.2, -0.15) is 0 Å². The number of nitrogens with zero attached hydrogens (tertiary/aromatic N) is 2. The summed E-state index contributed by atoms with van der Waals surface area (Å²) >= 11 is 0. The Labute approximate surface area is 308 Å². The highest BCUT2D eigenvalue weighted by Gasteiger charge is 2.16. The van der Waals surface area contributed by atoms with Crippen LogP contribution in [-0.2, 0) is 0 Å². The first-order chi connectivity index (χ1) is 25.5. The number of anilines is 5. The molecular formula is C47H44N2O3. The fraction of sp³-hybridized carbons (Fsp3) is 0.0851. The maximum Gasteiger partial charge on any atom is 0.185 e. The van der Waals surface area contributed by atoms with Crippen molar-refractivity contribution < 1.29 is 14.3 Å². The molecule has 0 aliphatic carbocycles. The fourth-order valence-electron chi connectivity index (χ4n) is 5.56. The lowest BCUT2D eigenvalue weighted by Crippen LogP contribution is -2.15. The van der Waals surface area contributed by atoms with Crippen LogP contribution in [-0.4, -0.2) is 12.9 Å². The minimum atomic E-state index is -0.0620. The summed E-state index contributed by atoms with van der Waals surface area (Å²) < 4.78 is 11.3. The summed E-state index contributed by atoms with van der Waals surface area (Å²) in [5.74, 6) is 1.38. The van der Waals surface area contributed by atoms with Crippen molar-refractivity contribution in [1.29, 1.82) is 0 Å². The van der Waals surface area contributed by atoms with E-state index in [0.717, 1.165) is 45.5 Å². The van der Waals surface area contributed by atoms with Gasteiger partial charge in [0.2, 0.25) is 0 Å². The van der Waals surface area contributed by atoms with Crippen LogP contribution < -0.4 is 19.3 Å². The van der Waals surface area contributed by atoms with Crippen LogP contribution in [0.3, 0.4) is 0 Å². The lowest BCUT2D eigenvalue weighted by atomic mass is 10.1. The highest BCUT2D eigenvalue weighted by molar-refractivity contribution is 6.04. The number of ketones is 1. The van der Waals surface area contributed by atoms with E-state index >= 15 is 0 Å². The molecule has 0 bridgehead atoms. The number of hydrogen-bond acceptors (Lipinski definition) is 5. The van der Waals surface area contributed by atoms with Crippen molar-refractivity contribution >= 4 is 34.2 Å². The van der Waals surface area contributed by atoms with Gasteiger partial charge in [-0.1, -0.05) is 72.4 Å². The summed E-state index contributed by atoms with van der Waals surface area (Å²) in [6.45, 7) is 5.96. The second-order valence-electron chi connectivity index (χ2n) is 11.8. The maximum atomic E-state index is 12.6. The first kappa shape index (κ1) is 36.7. The van der Waals surface area contributed by atoms with Gasteiger partial charge in [0.05, 0.1) is 13.4 Å². The molecule has 0 saturated heterocycles. The highest BCUT2D eigenvalue weighted by Crippen LogP contribution is 2.38. The van der Waals surface area contributed by atoms with E-state index in [9.17, 15) is 4.79 Å². The Balaban J connectivity index is 1.38. The molecule has 0 amide bonds. The van der Waals surface area contributed by atoms with E-state index in [0.29, 0.717) is 11.3 Å². The van der Waals surface area contributed by atoms with Gasteiger partial charge in [-0.05, 0) is 142 Å². The predicted octanol–water partition coefficient (Wildman–Crippen LogP) is 12.6. The minimum absolute atomic E-state index is 0.0620. The molecule has 5 heteroatoms. The second kappa shape index (κ2) is 19.0. The molecule has 52 heavy (non-hydrogen) atoms. The summed E-state index contributed by atoms with van der Waals surface area (Å²) in [6.07, 6.45) is 18.8. The zero-order valence-corrected chi connectivity index (χ0v) is 30.1. The SMILES string of the molecule is C\C=C/C(C)=C\C=C\C(=O)c1ccc(O/C=C/C=C(\C=C/C)N(c2ccccc2)c2ccc(N(c3ccccc3)c3ccc(OC)cc3)cc2)cc1. The number of carbonyl (C=O) groups is 1. The molecule has 0 aliphatic rings. The summed E-state index contributed by atoms with van der Waals surface area (Å²) in [5.41, 5.74) is 7.75. The molecule has 0 aliphatic heterocycles. The highest BCUT2D eigenvalue weighted by atomic mass is 16.5. The van der Waals surface area contributed by atoms with Crippen molar-refractivity contribution in [3.05, 3.63) is 211 Å². The van der Waals surface area contributed by atoms with Gasteiger partial charge in [0.1, 0.15) is 11.5 Å². The lowest BCUT2D eigenvalue weighted by Gasteiger charge is -2.29. The molecule has 0 radical (unpaired) electrons. The van der Waals surface area contributed by atoms with E-state index in [1.807, 2.05) is 106 Å². The molecular weight excluding hydrogens is 641 g/mol. The third-order valence-electron chi connectivity index (χ3n) is 8.05. The molecule has 260 valence electrons. The first-order valence-corrected chi connectivity index (χ1v) is 17.2. The molecule has 5 rings (SSSR count). The third kappa shape index (κ3) is 9.99. The molecule has 0 heterocycles. The van der Waals surface area contributed by atoms with Crippen LogP contribution in [0, 0.1) is 0 Å². The van der Waals surface area contributed by atoms with Gasteiger partial charge in [-0.25, -0.2) is 0 Å². The van der Waals surface area contributed by atoms with Crippen molar-refractivity contribution in [2.24, 2.45) is 0 Å². The molecule has 0 spiro atoms. The van der Waals surface area contributed by atoms with Crippen LogP contribution in [0.15, 0.2) is 206 Å². The van der Waals surface area contributed by atoms with Crippen LogP contribution in [0.1, 0.15) is 31.1 Å². The minimum Gasteiger partial charge on any atom is -0.497 e. The van der Waals surface area contributed by atoms with E-state index in [2.05, 4.69) is 76.5 Å². The molecule has 0 unspecified atom stereocenters. The molecule has 0 saturated carbocycles. The Morgan fingerprint density at radius 2 is 1.08 bits per heavy atom. The summed E-state index contributed by atoms with van der Waals surface area (Å²) in [5, 5.41) is 0. The molecule has 0 fully saturated rings. The van der Waals surface area contributed by atoms with E-state index in [1.54, 1.807) is 49.8 Å². The van der Waals surface area contributed by atoms with Gasteiger partial charge in [0.25, 0.3) is 0 Å². The van der Waals surface area contributed by atoms with Crippen molar-refractivity contribution in [2.45, 2.75) is 20.8 Å². The van der Waals surface area contributed by atoms with Crippen molar-refractivity contribution in [1.82, 2.24) is 0 Å². The largest absolute Gasteiger partial charge is 0.497 e. The number of benzene rings is 5. The topological polar surface area (TPSA) is 42.0 Å². The van der Waals surface area contributed by atoms with Crippen LogP contribution in [0.5, 0.6) is 11.5 Å². The summed E-state index contributed by atoms with van der Waals surface area (Å²) in [6, 6.07) is 44.4. The Morgan fingerprint density at radius 3 is 1.67 bits per heavy atom. The standard InChI is InChI=1S/C47H44N2O3/c1-5-15-37(3)17-13-23-47(50)38-24-32-46(33-25-38)52-36-14-22-39(16-6-2)48(40-18-9-7-10-19-40)42-26-28-43(29-27-42)49(41-20-11-8-12-21-41)44-30-34-45(51-4)35-31-44/h5-36H,1-4H3/b15-5-,16-6-,23-13+,36-14+,37-17-,39-22+. The fourth-order valence-corrected chi connectivity index (χ4v) is 5.56. The average molecular weight is 685 g/mol. The number of carbonyl (C=O) groups excluding carboxylic acids is 1. The zero-order valence-electron chi connectivity index (χ0n) is 30.1. The second-order valence-corrected chi connectivity index (χ2v) is 11.8. The number of methoxy groups -OCH3 is 1. The molecule has 0 aromatic heterocycles. The number of hydrogen-bond donors (Lipinski definition) is 0. The van der Waals surface area contributed by atoms with Crippen molar-refractivity contribution in [3.8, 4) is 11.5 Å². The van der Waals surface area contributed by atoms with Gasteiger partial charge in [-0.3, -0.25) is 4.79 Å². The molecule has 5 aromatic carbocycles. The summed E-state index contributed by atoms with van der Waals surface area (Å²) in [7, 11) is 1.68. The van der Waals surface area contributed by atoms with E-state index < -0.39 is 0 Å². The smallest absolute Gasteiger partial charge is 0.185 e. The normalized spacial score (nSPS) is 12.2. The molecule has 0 atom stereocenters. The first-order valence-electron chi connectivity index (χ1n) is 17.2. The number of para-hydroxylation sites is 2.